The van der Waals surface area contributed by atoms with E-state index in [4.69, 9.17) is 18.6 Å². The van der Waals surface area contributed by atoms with Crippen molar-refractivity contribution < 1.29 is 43.2 Å². The van der Waals surface area contributed by atoms with Gasteiger partial charge in [-0.3, -0.25) is 14.6 Å². The molecule has 8 atom stereocenters. The first-order valence-corrected chi connectivity index (χ1v) is 15.8. The maximum Gasteiger partial charge on any atom is 0.345 e. The number of hydrogen-bond acceptors (Lipinski definition) is 11. The largest absolute Gasteiger partial charge is 0.482 e. The van der Waals surface area contributed by atoms with Crippen molar-refractivity contribution >= 4 is 17.9 Å². The minimum absolute atomic E-state index is 0.0316. The van der Waals surface area contributed by atoms with Crippen molar-refractivity contribution in [2.24, 2.45) is 28.6 Å². The summed E-state index contributed by atoms with van der Waals surface area (Å²) in [4.78, 5) is 56.3. The molecule has 1 aliphatic heterocycles. The van der Waals surface area contributed by atoms with Crippen LogP contribution in [0.15, 0.2) is 64.1 Å². The van der Waals surface area contributed by atoms with Gasteiger partial charge in [0.2, 0.25) is 0 Å². The van der Waals surface area contributed by atoms with Gasteiger partial charge in [0.05, 0.1) is 35.3 Å². The van der Waals surface area contributed by atoms with E-state index in [0.717, 1.165) is 0 Å². The van der Waals surface area contributed by atoms with Gasteiger partial charge < -0.3 is 28.8 Å². The molecule has 6 rings (SSSR count). The molecule has 0 bridgehead atoms. The zero-order valence-electron chi connectivity index (χ0n) is 27.0. The average molecular weight is 657 g/mol. The SMILES string of the molecule is CC(=O)OC[C@H]1CC[C@]2(C)C3[C@@H](O)c4c(cc(-c5cccnc5)oc4=O)O[C@]3(C)[C@@H](OC(=O)c3ccc(C#N)cc3)CC2[C@]1(C)C(=O)O. The summed E-state index contributed by atoms with van der Waals surface area (Å²) >= 11 is 0. The summed E-state index contributed by atoms with van der Waals surface area (Å²) in [6.07, 6.45) is 1.28. The Hall–Kier alpha value is -5.02. The first-order valence-electron chi connectivity index (χ1n) is 15.8. The minimum atomic E-state index is -1.49. The number of benzene rings is 1. The van der Waals surface area contributed by atoms with Gasteiger partial charge in [-0.1, -0.05) is 6.92 Å². The van der Waals surface area contributed by atoms with E-state index in [1.165, 1.54) is 43.5 Å². The number of nitrogens with zero attached hydrogens (tertiary/aromatic N) is 2. The van der Waals surface area contributed by atoms with Crippen LogP contribution in [0.2, 0.25) is 0 Å². The molecule has 250 valence electrons. The van der Waals surface area contributed by atoms with Crippen LogP contribution in [0.3, 0.4) is 0 Å². The highest BCUT2D eigenvalue weighted by Gasteiger charge is 2.71. The van der Waals surface area contributed by atoms with Crippen molar-refractivity contribution in [2.75, 3.05) is 6.61 Å². The van der Waals surface area contributed by atoms with Crippen molar-refractivity contribution in [3.05, 3.63) is 82.0 Å². The fourth-order valence-electron chi connectivity index (χ4n) is 8.65. The van der Waals surface area contributed by atoms with Crippen LogP contribution in [0.4, 0.5) is 0 Å². The van der Waals surface area contributed by atoms with E-state index in [1.807, 2.05) is 13.0 Å². The van der Waals surface area contributed by atoms with Gasteiger partial charge in [0, 0.05) is 42.8 Å². The number of carboxylic acid groups (broad SMARTS) is 1. The van der Waals surface area contributed by atoms with Crippen molar-refractivity contribution in [2.45, 2.75) is 64.8 Å². The van der Waals surface area contributed by atoms with Gasteiger partial charge in [-0.2, -0.15) is 5.26 Å². The Morgan fingerprint density at radius 1 is 1.15 bits per heavy atom. The Kier molecular flexibility index (Phi) is 8.15. The van der Waals surface area contributed by atoms with Crippen molar-refractivity contribution in [1.29, 1.82) is 5.26 Å². The molecule has 1 aromatic carbocycles. The lowest BCUT2D eigenvalue weighted by Gasteiger charge is -2.66. The Morgan fingerprint density at radius 2 is 1.88 bits per heavy atom. The molecule has 0 radical (unpaired) electrons. The van der Waals surface area contributed by atoms with E-state index >= 15 is 0 Å². The third-order valence-corrected chi connectivity index (χ3v) is 11.1. The molecule has 12 heteroatoms. The summed E-state index contributed by atoms with van der Waals surface area (Å²) in [5.41, 5.74) is -3.80. The van der Waals surface area contributed by atoms with E-state index in [-0.39, 0.29) is 35.7 Å². The molecule has 2 unspecified atom stereocenters. The number of rotatable bonds is 6. The van der Waals surface area contributed by atoms with Gasteiger partial charge in [0.25, 0.3) is 0 Å². The molecule has 2 fully saturated rings. The normalized spacial score (nSPS) is 31.9. The highest BCUT2D eigenvalue weighted by molar-refractivity contribution is 5.89. The minimum Gasteiger partial charge on any atom is -0.482 e. The fraction of sp³-hybridized carbons (Fsp3) is 0.444. The molecular formula is C36H36N2O10. The Labute approximate surface area is 276 Å². The Bertz CT molecular complexity index is 1870. The molecule has 0 saturated heterocycles. The van der Waals surface area contributed by atoms with Gasteiger partial charge in [-0.25, -0.2) is 9.59 Å². The second-order valence-corrected chi connectivity index (χ2v) is 13.6. The molecule has 2 saturated carbocycles. The van der Waals surface area contributed by atoms with Crippen LogP contribution < -0.4 is 10.4 Å². The number of fused-ring (bicyclic) bond motifs is 4. The number of hydrogen-bond donors (Lipinski definition) is 2. The number of aliphatic carboxylic acids is 1. The molecule has 2 aliphatic carbocycles. The highest BCUT2D eigenvalue weighted by Crippen LogP contribution is 2.68. The summed E-state index contributed by atoms with van der Waals surface area (Å²) in [6, 6.07) is 12.8. The second kappa shape index (κ2) is 11.9. The average Bonchev–Trinajstić information content (AvgIpc) is 3.05. The van der Waals surface area contributed by atoms with Crippen LogP contribution in [-0.2, 0) is 19.1 Å². The maximum atomic E-state index is 13.7. The van der Waals surface area contributed by atoms with Gasteiger partial charge in [-0.05, 0) is 80.8 Å². The number of carbonyl (C=O) groups excluding carboxylic acids is 2. The summed E-state index contributed by atoms with van der Waals surface area (Å²) in [5, 5.41) is 32.2. The molecule has 0 spiro atoms. The molecule has 48 heavy (non-hydrogen) atoms. The van der Waals surface area contributed by atoms with E-state index < -0.39 is 69.9 Å². The predicted molar refractivity (Wildman–Crippen MR) is 167 cm³/mol. The molecule has 0 amide bonds. The zero-order valence-corrected chi connectivity index (χ0v) is 27.0. The molecule has 12 nitrogen and oxygen atoms in total. The summed E-state index contributed by atoms with van der Waals surface area (Å²) in [6.45, 7) is 6.33. The third-order valence-electron chi connectivity index (χ3n) is 11.1. The van der Waals surface area contributed by atoms with E-state index in [2.05, 4.69) is 4.98 Å². The lowest BCUT2D eigenvalue weighted by molar-refractivity contribution is -0.256. The predicted octanol–water partition coefficient (Wildman–Crippen LogP) is 4.69. The number of aliphatic hydroxyl groups excluding tert-OH is 1. The Morgan fingerprint density at radius 3 is 2.50 bits per heavy atom. The van der Waals surface area contributed by atoms with Crippen LogP contribution in [0, 0.1) is 39.9 Å². The number of ether oxygens (including phenoxy) is 3. The molecule has 3 aliphatic rings. The standard InChI is InChI=1S/C36H36N2O10/c1-19(39)45-18-23-11-12-34(2)26(35(23,3)33(43)44)15-27(47-31(41)21-9-7-20(16-37)8-10-21)36(4)30(34)29(40)28-25(48-36)14-24(46-32(28)42)22-6-5-13-38-17-22/h5-10,13-14,17,23,26-27,29-30,40H,11-12,15,18H2,1-4H3,(H,43,44)/t23-,26?,27+,29+,30?,34+,35-,36-/m1/s1. The maximum absolute atomic E-state index is 13.7. The second-order valence-electron chi connectivity index (χ2n) is 13.6. The van der Waals surface area contributed by atoms with Crippen molar-refractivity contribution in [3.8, 4) is 23.1 Å². The van der Waals surface area contributed by atoms with Crippen LogP contribution >= 0.6 is 0 Å². The van der Waals surface area contributed by atoms with Crippen LogP contribution in [-0.4, -0.2) is 51.4 Å². The first-order chi connectivity index (χ1) is 22.7. The smallest absolute Gasteiger partial charge is 0.345 e. The fourth-order valence-corrected chi connectivity index (χ4v) is 8.65. The number of carboxylic acids is 1. The zero-order chi connectivity index (χ0) is 34.6. The quantitative estimate of drug-likeness (QED) is 0.349. The third kappa shape index (κ3) is 5.13. The molecule has 3 aromatic rings. The van der Waals surface area contributed by atoms with Gasteiger partial charge in [0.15, 0.2) is 0 Å². The summed E-state index contributed by atoms with van der Waals surface area (Å²) < 4.78 is 23.8. The number of aliphatic hydroxyl groups is 1. The summed E-state index contributed by atoms with van der Waals surface area (Å²) in [7, 11) is 0. The van der Waals surface area contributed by atoms with E-state index in [9.17, 15) is 34.7 Å². The lowest BCUT2D eigenvalue weighted by Crippen LogP contribution is -2.71. The van der Waals surface area contributed by atoms with Gasteiger partial charge >= 0.3 is 23.5 Å². The topological polar surface area (TPSA) is 186 Å². The first kappa shape index (κ1) is 32.9. The molecule has 2 aromatic heterocycles. The molecule has 3 heterocycles. The van der Waals surface area contributed by atoms with Crippen LogP contribution in [0.25, 0.3) is 11.3 Å². The number of esters is 2. The van der Waals surface area contributed by atoms with Crippen molar-refractivity contribution in [1.82, 2.24) is 4.98 Å². The van der Waals surface area contributed by atoms with Crippen LogP contribution in [0.1, 0.15) is 74.5 Å². The van der Waals surface area contributed by atoms with E-state index in [0.29, 0.717) is 24.0 Å². The molecular weight excluding hydrogens is 620 g/mol. The van der Waals surface area contributed by atoms with Gasteiger partial charge in [0.1, 0.15) is 28.8 Å². The number of carbonyl (C=O) groups is 3. The lowest BCUT2D eigenvalue weighted by atomic mass is 9.41. The molecule has 2 N–H and O–H groups in total. The van der Waals surface area contributed by atoms with Crippen LogP contribution in [0.5, 0.6) is 5.75 Å². The number of aromatic nitrogens is 1. The highest BCUT2D eigenvalue weighted by atomic mass is 16.6. The monoisotopic (exact) mass is 656 g/mol. The van der Waals surface area contributed by atoms with Gasteiger partial charge in [-0.15, -0.1) is 0 Å². The number of pyridine rings is 1. The van der Waals surface area contributed by atoms with E-state index in [1.54, 1.807) is 32.2 Å². The Balaban J connectivity index is 1.49. The summed E-state index contributed by atoms with van der Waals surface area (Å²) in [5.74, 6) is -4.41. The van der Waals surface area contributed by atoms with Crippen molar-refractivity contribution in [3.63, 3.8) is 0 Å². The number of nitriles is 1.